The Labute approximate surface area is 180 Å². The fourth-order valence-corrected chi connectivity index (χ4v) is 3.90. The van der Waals surface area contributed by atoms with E-state index in [9.17, 15) is 0 Å². The molecule has 0 fully saturated rings. The highest BCUT2D eigenvalue weighted by molar-refractivity contribution is 5.77. The predicted octanol–water partition coefficient (Wildman–Crippen LogP) is 7.87. The summed E-state index contributed by atoms with van der Waals surface area (Å²) in [5, 5.41) is 0. The largest absolute Gasteiger partial charge is 0.252 e. The molecule has 0 spiro atoms. The summed E-state index contributed by atoms with van der Waals surface area (Å²) >= 11 is 0. The number of rotatable bonds is 9. The SMILES string of the molecule is CCCCCCCCc1ccc(-c2ccc(-c3cnc4ccccc4n3)cc2)cc1. The average Bonchev–Trinajstić information content (AvgIpc) is 2.81. The first-order valence-electron chi connectivity index (χ1n) is 11.2. The molecule has 0 saturated carbocycles. The van der Waals surface area contributed by atoms with Crippen LogP contribution in [0.15, 0.2) is 79.0 Å². The van der Waals surface area contributed by atoms with Crippen molar-refractivity contribution in [3.05, 3.63) is 84.6 Å². The van der Waals surface area contributed by atoms with Crippen LogP contribution in [0.1, 0.15) is 51.0 Å². The van der Waals surface area contributed by atoms with Gasteiger partial charge in [0.1, 0.15) is 0 Å². The number of hydrogen-bond acceptors (Lipinski definition) is 2. The van der Waals surface area contributed by atoms with Crippen molar-refractivity contribution in [3.8, 4) is 22.4 Å². The molecule has 3 aromatic carbocycles. The molecule has 30 heavy (non-hydrogen) atoms. The highest BCUT2D eigenvalue weighted by atomic mass is 14.8. The molecule has 2 nitrogen and oxygen atoms in total. The van der Waals surface area contributed by atoms with Crippen molar-refractivity contribution >= 4 is 11.0 Å². The van der Waals surface area contributed by atoms with Crippen LogP contribution in [0.3, 0.4) is 0 Å². The molecule has 1 heterocycles. The van der Waals surface area contributed by atoms with Crippen LogP contribution in [-0.4, -0.2) is 9.97 Å². The fraction of sp³-hybridized carbons (Fsp3) is 0.286. The molecule has 0 aliphatic rings. The summed E-state index contributed by atoms with van der Waals surface area (Å²) in [5.74, 6) is 0. The molecule has 0 N–H and O–H groups in total. The van der Waals surface area contributed by atoms with Gasteiger partial charge in [-0.3, -0.25) is 4.98 Å². The van der Waals surface area contributed by atoms with E-state index in [-0.39, 0.29) is 0 Å². The number of hydrogen-bond donors (Lipinski definition) is 0. The number of benzene rings is 3. The fourth-order valence-electron chi connectivity index (χ4n) is 3.90. The van der Waals surface area contributed by atoms with Gasteiger partial charge < -0.3 is 0 Å². The summed E-state index contributed by atoms with van der Waals surface area (Å²) in [6, 6.07) is 25.7. The Morgan fingerprint density at radius 3 is 1.93 bits per heavy atom. The molecule has 0 radical (unpaired) electrons. The molecular weight excluding hydrogens is 364 g/mol. The second-order valence-electron chi connectivity index (χ2n) is 8.04. The Hall–Kier alpha value is -3.00. The molecule has 0 amide bonds. The van der Waals surface area contributed by atoms with Crippen molar-refractivity contribution in [2.45, 2.75) is 51.9 Å². The number of aromatic nitrogens is 2. The molecule has 0 aliphatic heterocycles. The lowest BCUT2D eigenvalue weighted by molar-refractivity contribution is 0.607. The van der Waals surface area contributed by atoms with Gasteiger partial charge in [-0.05, 0) is 41.7 Å². The van der Waals surface area contributed by atoms with Gasteiger partial charge in [0.25, 0.3) is 0 Å². The smallest absolute Gasteiger partial charge is 0.0894 e. The number of nitrogens with zero attached hydrogens (tertiary/aromatic N) is 2. The maximum absolute atomic E-state index is 4.75. The minimum absolute atomic E-state index is 0.912. The van der Waals surface area contributed by atoms with E-state index in [4.69, 9.17) is 4.98 Å². The van der Waals surface area contributed by atoms with Crippen LogP contribution in [0.4, 0.5) is 0 Å². The topological polar surface area (TPSA) is 25.8 Å². The van der Waals surface area contributed by atoms with E-state index in [1.807, 2.05) is 30.5 Å². The van der Waals surface area contributed by atoms with Crippen molar-refractivity contribution in [1.29, 1.82) is 0 Å². The standard InChI is InChI=1S/C28H30N2/c1-2-3-4-5-6-7-10-22-13-15-23(16-14-22)24-17-19-25(20-18-24)28-21-29-26-11-8-9-12-27(26)30-28/h8-9,11-21H,2-7,10H2,1H3. The highest BCUT2D eigenvalue weighted by Crippen LogP contribution is 2.25. The number of para-hydroxylation sites is 2. The molecule has 0 aliphatic carbocycles. The monoisotopic (exact) mass is 394 g/mol. The second kappa shape index (κ2) is 10.2. The first-order valence-corrected chi connectivity index (χ1v) is 11.2. The van der Waals surface area contributed by atoms with Crippen molar-refractivity contribution < 1.29 is 0 Å². The van der Waals surface area contributed by atoms with Gasteiger partial charge >= 0.3 is 0 Å². The molecule has 0 atom stereocenters. The Kier molecular flexibility index (Phi) is 6.87. The van der Waals surface area contributed by atoms with E-state index in [2.05, 4.69) is 60.4 Å². The van der Waals surface area contributed by atoms with E-state index < -0.39 is 0 Å². The predicted molar refractivity (Wildman–Crippen MR) is 127 cm³/mol. The van der Waals surface area contributed by atoms with Crippen LogP contribution in [0, 0.1) is 0 Å². The minimum Gasteiger partial charge on any atom is -0.252 e. The maximum atomic E-state index is 4.75. The lowest BCUT2D eigenvalue weighted by Gasteiger charge is -2.07. The van der Waals surface area contributed by atoms with Crippen LogP contribution in [0.5, 0.6) is 0 Å². The first-order chi connectivity index (χ1) is 14.8. The maximum Gasteiger partial charge on any atom is 0.0894 e. The molecule has 4 rings (SSSR count). The molecule has 0 saturated heterocycles. The summed E-state index contributed by atoms with van der Waals surface area (Å²) in [4.78, 5) is 9.28. The number of fused-ring (bicyclic) bond motifs is 1. The zero-order valence-electron chi connectivity index (χ0n) is 17.8. The van der Waals surface area contributed by atoms with Gasteiger partial charge in [-0.1, -0.05) is 99.7 Å². The lowest BCUT2D eigenvalue weighted by Crippen LogP contribution is -1.89. The first kappa shape index (κ1) is 20.3. The third kappa shape index (κ3) is 5.13. The summed E-state index contributed by atoms with van der Waals surface area (Å²) < 4.78 is 0. The zero-order chi connectivity index (χ0) is 20.6. The molecule has 2 heteroatoms. The van der Waals surface area contributed by atoms with Gasteiger partial charge in [-0.15, -0.1) is 0 Å². The molecule has 1 aromatic heterocycles. The number of unbranched alkanes of at least 4 members (excludes halogenated alkanes) is 5. The van der Waals surface area contributed by atoms with Crippen LogP contribution in [0.2, 0.25) is 0 Å². The van der Waals surface area contributed by atoms with E-state index in [1.165, 1.54) is 61.6 Å². The van der Waals surface area contributed by atoms with Gasteiger partial charge in [-0.25, -0.2) is 4.98 Å². The van der Waals surface area contributed by atoms with E-state index in [0.29, 0.717) is 0 Å². The Morgan fingerprint density at radius 2 is 1.20 bits per heavy atom. The van der Waals surface area contributed by atoms with Crippen LogP contribution >= 0.6 is 0 Å². The molecule has 0 unspecified atom stereocenters. The third-order valence-electron chi connectivity index (χ3n) is 5.74. The number of aryl methyl sites for hydroxylation is 1. The van der Waals surface area contributed by atoms with Gasteiger partial charge in [-0.2, -0.15) is 0 Å². The summed E-state index contributed by atoms with van der Waals surface area (Å²) in [5.41, 5.74) is 7.80. The zero-order valence-corrected chi connectivity index (χ0v) is 17.8. The van der Waals surface area contributed by atoms with Gasteiger partial charge in [0.05, 0.1) is 22.9 Å². The van der Waals surface area contributed by atoms with E-state index in [0.717, 1.165) is 22.3 Å². The Bertz CT molecular complexity index is 1070. The molecule has 152 valence electrons. The van der Waals surface area contributed by atoms with Crippen LogP contribution < -0.4 is 0 Å². The lowest BCUT2D eigenvalue weighted by atomic mass is 9.99. The van der Waals surface area contributed by atoms with Crippen LogP contribution in [0.25, 0.3) is 33.4 Å². The van der Waals surface area contributed by atoms with E-state index >= 15 is 0 Å². The molecule has 0 bridgehead atoms. The summed E-state index contributed by atoms with van der Waals surface area (Å²) in [7, 11) is 0. The summed E-state index contributed by atoms with van der Waals surface area (Å²) in [6.45, 7) is 2.27. The van der Waals surface area contributed by atoms with Crippen molar-refractivity contribution in [2.24, 2.45) is 0 Å². The van der Waals surface area contributed by atoms with Crippen molar-refractivity contribution in [3.63, 3.8) is 0 Å². The van der Waals surface area contributed by atoms with Gasteiger partial charge in [0, 0.05) is 5.56 Å². The van der Waals surface area contributed by atoms with Crippen molar-refractivity contribution in [2.75, 3.05) is 0 Å². The van der Waals surface area contributed by atoms with E-state index in [1.54, 1.807) is 0 Å². The second-order valence-corrected chi connectivity index (χ2v) is 8.04. The quantitative estimate of drug-likeness (QED) is 0.270. The van der Waals surface area contributed by atoms with Gasteiger partial charge in [0.2, 0.25) is 0 Å². The van der Waals surface area contributed by atoms with Crippen molar-refractivity contribution in [1.82, 2.24) is 9.97 Å². The average molecular weight is 395 g/mol. The normalized spacial score (nSPS) is 11.1. The molecular formula is C28H30N2. The molecule has 4 aromatic rings. The summed E-state index contributed by atoms with van der Waals surface area (Å²) in [6.07, 6.45) is 11.1. The minimum atomic E-state index is 0.912. The Morgan fingerprint density at radius 1 is 0.600 bits per heavy atom. The Balaban J connectivity index is 1.38. The third-order valence-corrected chi connectivity index (χ3v) is 5.74. The van der Waals surface area contributed by atoms with Gasteiger partial charge in [0.15, 0.2) is 0 Å². The highest BCUT2D eigenvalue weighted by Gasteiger charge is 2.04. The van der Waals surface area contributed by atoms with Crippen LogP contribution in [-0.2, 0) is 6.42 Å².